The van der Waals surface area contributed by atoms with Gasteiger partial charge in [0.2, 0.25) is 0 Å². The molecule has 0 radical (unpaired) electrons. The average molecular weight is 326 g/mol. The molecule has 0 aliphatic carbocycles. The molecule has 24 heavy (non-hydrogen) atoms. The summed E-state index contributed by atoms with van der Waals surface area (Å²) < 4.78 is 0. The molecule has 0 aromatic heterocycles. The number of quaternary nitrogens is 1. The van der Waals surface area contributed by atoms with Crippen LogP contribution in [0.25, 0.3) is 0 Å². The van der Waals surface area contributed by atoms with Gasteiger partial charge in [0.1, 0.15) is 0 Å². The minimum Gasteiger partial charge on any atom is -0.322 e. The molecule has 0 spiro atoms. The second-order valence-corrected chi connectivity index (χ2v) is 6.02. The molecule has 2 amide bonds. The van der Waals surface area contributed by atoms with Crippen LogP contribution in [0, 0.1) is 13.8 Å². The molecular weight excluding hydrogens is 302 g/mol. The third kappa shape index (κ3) is 5.21. The van der Waals surface area contributed by atoms with Crippen molar-refractivity contribution in [2.24, 2.45) is 0 Å². The minimum absolute atomic E-state index is 0.103. The van der Waals surface area contributed by atoms with E-state index in [4.69, 9.17) is 0 Å². The number of carbonyl (C=O) groups excluding carboxylic acids is 2. The van der Waals surface area contributed by atoms with Crippen LogP contribution >= 0.6 is 0 Å². The van der Waals surface area contributed by atoms with E-state index in [9.17, 15) is 9.59 Å². The highest BCUT2D eigenvalue weighted by atomic mass is 16.2. The zero-order chi connectivity index (χ0) is 17.5. The lowest BCUT2D eigenvalue weighted by molar-refractivity contribution is -0.862. The molecule has 2 aromatic carbocycles. The van der Waals surface area contributed by atoms with E-state index in [1.807, 2.05) is 69.4 Å². The molecule has 0 fully saturated rings. The van der Waals surface area contributed by atoms with Crippen LogP contribution in [0.2, 0.25) is 0 Å². The molecule has 0 heterocycles. The maximum atomic E-state index is 12.2. The number of nitrogens with one attached hydrogen (secondary N) is 3. The molecule has 3 N–H and O–H groups in total. The summed E-state index contributed by atoms with van der Waals surface area (Å²) in [5, 5.41) is 5.73. The fraction of sp³-hybridized carbons (Fsp3) is 0.263. The van der Waals surface area contributed by atoms with Gasteiger partial charge < -0.3 is 15.5 Å². The molecule has 0 aliphatic heterocycles. The number of aryl methyl sites for hydroxylation is 1. The minimum atomic E-state index is -0.113. The molecule has 5 nitrogen and oxygen atoms in total. The van der Waals surface area contributed by atoms with Crippen LogP contribution in [-0.2, 0) is 9.59 Å². The molecule has 0 saturated heterocycles. The standard InChI is InChI=1S/C19H23N3O2/c1-14-8-7-11-17(15(14)2)21-19(24)13-22(3)12-18(23)20-16-9-5-4-6-10-16/h4-11H,12-13H2,1-3H3,(H,20,23)(H,21,24)/p+1. The number of hydrogen-bond acceptors (Lipinski definition) is 2. The van der Waals surface area contributed by atoms with Gasteiger partial charge in [0.15, 0.2) is 13.1 Å². The summed E-state index contributed by atoms with van der Waals surface area (Å²) in [6.45, 7) is 4.45. The summed E-state index contributed by atoms with van der Waals surface area (Å²) >= 11 is 0. The Labute approximate surface area is 142 Å². The predicted molar refractivity (Wildman–Crippen MR) is 96.2 cm³/mol. The van der Waals surface area contributed by atoms with Crippen molar-refractivity contribution in [1.82, 2.24) is 0 Å². The molecule has 2 aromatic rings. The van der Waals surface area contributed by atoms with Gasteiger partial charge in [0.25, 0.3) is 11.8 Å². The summed E-state index contributed by atoms with van der Waals surface area (Å²) in [5.41, 5.74) is 3.78. The fourth-order valence-electron chi connectivity index (χ4n) is 2.42. The van der Waals surface area contributed by atoms with E-state index >= 15 is 0 Å². The Morgan fingerprint density at radius 1 is 0.875 bits per heavy atom. The van der Waals surface area contributed by atoms with Crippen molar-refractivity contribution >= 4 is 23.2 Å². The predicted octanol–water partition coefficient (Wildman–Crippen LogP) is 1.40. The lowest BCUT2D eigenvalue weighted by Gasteiger charge is -2.15. The maximum absolute atomic E-state index is 12.2. The van der Waals surface area contributed by atoms with Crippen LogP contribution < -0.4 is 15.5 Å². The van der Waals surface area contributed by atoms with Crippen LogP contribution in [0.4, 0.5) is 11.4 Å². The summed E-state index contributed by atoms with van der Waals surface area (Å²) in [4.78, 5) is 25.0. The quantitative estimate of drug-likeness (QED) is 0.751. The van der Waals surface area contributed by atoms with Crippen molar-refractivity contribution in [3.05, 3.63) is 59.7 Å². The average Bonchev–Trinajstić information content (AvgIpc) is 2.52. The molecule has 2 rings (SSSR count). The Hall–Kier alpha value is -2.66. The van der Waals surface area contributed by atoms with Gasteiger partial charge in [0, 0.05) is 11.4 Å². The first-order valence-corrected chi connectivity index (χ1v) is 7.98. The van der Waals surface area contributed by atoms with E-state index in [1.165, 1.54) is 0 Å². The highest BCUT2D eigenvalue weighted by molar-refractivity contribution is 5.93. The van der Waals surface area contributed by atoms with Crippen molar-refractivity contribution in [3.8, 4) is 0 Å². The molecule has 126 valence electrons. The first kappa shape index (κ1) is 17.7. The molecule has 0 aliphatic rings. The SMILES string of the molecule is Cc1cccc(NC(=O)C[NH+](C)CC(=O)Nc2ccccc2)c1C. The Morgan fingerprint density at radius 2 is 1.50 bits per heavy atom. The van der Waals surface area contributed by atoms with Crippen molar-refractivity contribution in [3.63, 3.8) is 0 Å². The topological polar surface area (TPSA) is 62.6 Å². The Morgan fingerprint density at radius 3 is 2.17 bits per heavy atom. The summed E-state index contributed by atoms with van der Waals surface area (Å²) in [6, 6.07) is 15.1. The van der Waals surface area contributed by atoms with Gasteiger partial charge in [0.05, 0.1) is 7.05 Å². The maximum Gasteiger partial charge on any atom is 0.279 e. The second kappa shape index (κ2) is 8.26. The molecule has 5 heteroatoms. The third-order valence-electron chi connectivity index (χ3n) is 3.86. The number of anilines is 2. The Kier molecular flexibility index (Phi) is 6.09. The van der Waals surface area contributed by atoms with Gasteiger partial charge in [-0.15, -0.1) is 0 Å². The molecule has 0 saturated carbocycles. The van der Waals surface area contributed by atoms with Crippen molar-refractivity contribution in [2.45, 2.75) is 13.8 Å². The van der Waals surface area contributed by atoms with Gasteiger partial charge in [-0.25, -0.2) is 0 Å². The van der Waals surface area contributed by atoms with E-state index in [-0.39, 0.29) is 24.9 Å². The van der Waals surface area contributed by atoms with E-state index in [0.717, 1.165) is 27.4 Å². The highest BCUT2D eigenvalue weighted by Gasteiger charge is 2.15. The fourth-order valence-corrected chi connectivity index (χ4v) is 2.42. The molecule has 1 unspecified atom stereocenters. The van der Waals surface area contributed by atoms with E-state index in [2.05, 4.69) is 10.6 Å². The number of carbonyl (C=O) groups is 2. The van der Waals surface area contributed by atoms with Crippen LogP contribution in [0.15, 0.2) is 48.5 Å². The first-order valence-electron chi connectivity index (χ1n) is 7.98. The van der Waals surface area contributed by atoms with Gasteiger partial charge in [-0.1, -0.05) is 30.3 Å². The summed E-state index contributed by atoms with van der Waals surface area (Å²) in [6.07, 6.45) is 0. The van der Waals surface area contributed by atoms with E-state index in [0.29, 0.717) is 0 Å². The number of benzene rings is 2. The van der Waals surface area contributed by atoms with Crippen LogP contribution in [0.3, 0.4) is 0 Å². The van der Waals surface area contributed by atoms with Crippen molar-refractivity contribution in [1.29, 1.82) is 0 Å². The molecule has 0 bridgehead atoms. The number of rotatable bonds is 6. The third-order valence-corrected chi connectivity index (χ3v) is 3.86. The monoisotopic (exact) mass is 326 g/mol. The van der Waals surface area contributed by atoms with Crippen LogP contribution in [0.1, 0.15) is 11.1 Å². The lowest BCUT2D eigenvalue weighted by Crippen LogP contribution is -3.11. The molecule has 1 atom stereocenters. The van der Waals surface area contributed by atoms with Gasteiger partial charge in [-0.05, 0) is 43.2 Å². The largest absolute Gasteiger partial charge is 0.322 e. The van der Waals surface area contributed by atoms with Gasteiger partial charge in [-0.3, -0.25) is 9.59 Å². The number of likely N-dealkylation sites (N-methyl/N-ethyl adjacent to an activating group) is 1. The van der Waals surface area contributed by atoms with Gasteiger partial charge in [-0.2, -0.15) is 0 Å². The van der Waals surface area contributed by atoms with E-state index < -0.39 is 0 Å². The smallest absolute Gasteiger partial charge is 0.279 e. The first-order chi connectivity index (χ1) is 11.5. The van der Waals surface area contributed by atoms with Crippen LogP contribution in [-0.4, -0.2) is 32.0 Å². The van der Waals surface area contributed by atoms with Crippen LogP contribution in [0.5, 0.6) is 0 Å². The van der Waals surface area contributed by atoms with Crippen molar-refractivity contribution < 1.29 is 14.5 Å². The zero-order valence-corrected chi connectivity index (χ0v) is 14.3. The lowest BCUT2D eigenvalue weighted by atomic mass is 10.1. The molecular formula is C19H24N3O2+. The van der Waals surface area contributed by atoms with Gasteiger partial charge >= 0.3 is 0 Å². The summed E-state index contributed by atoms with van der Waals surface area (Å²) in [5.74, 6) is -0.216. The second-order valence-electron chi connectivity index (χ2n) is 6.02. The highest BCUT2D eigenvalue weighted by Crippen LogP contribution is 2.17. The Balaban J connectivity index is 1.83. The zero-order valence-electron chi connectivity index (χ0n) is 14.3. The number of amides is 2. The van der Waals surface area contributed by atoms with E-state index in [1.54, 1.807) is 0 Å². The van der Waals surface area contributed by atoms with Crippen molar-refractivity contribution in [2.75, 3.05) is 30.8 Å². The Bertz CT molecular complexity index is 714. The normalized spacial score (nSPS) is 11.6. The number of para-hydroxylation sites is 1. The summed E-state index contributed by atoms with van der Waals surface area (Å²) in [7, 11) is 1.83. The number of hydrogen-bond donors (Lipinski definition) is 3.